The summed E-state index contributed by atoms with van der Waals surface area (Å²) in [5.41, 5.74) is 2.25. The van der Waals surface area contributed by atoms with Crippen LogP contribution in [-0.4, -0.2) is 78.2 Å². The number of nitrogens with zero attached hydrogens (tertiary/aromatic N) is 2. The lowest BCUT2D eigenvalue weighted by Crippen LogP contribution is -2.67. The third-order valence-corrected chi connectivity index (χ3v) is 14.3. The van der Waals surface area contributed by atoms with Crippen molar-refractivity contribution in [2.24, 2.45) is 0 Å². The van der Waals surface area contributed by atoms with Crippen LogP contribution in [0, 0.1) is 0 Å². The fourth-order valence-electron chi connectivity index (χ4n) is 4.46. The highest BCUT2D eigenvalue weighted by molar-refractivity contribution is 6.82. The molecule has 0 N–H and O–H groups in total. The molecule has 0 spiro atoms. The largest absolute Gasteiger partial charge is 0.379 e. The van der Waals surface area contributed by atoms with Crippen molar-refractivity contribution in [3.05, 3.63) is 12.3 Å². The summed E-state index contributed by atoms with van der Waals surface area (Å²) in [7, 11) is -2.63. The quantitative estimate of drug-likeness (QED) is 0.348. The first-order valence-electron chi connectivity index (χ1n) is 11.3. The SMILES string of the molecule is C=C[Si](C)(C)CCCCCCCC[Si](C)(N1CCOCC1)N1CCOCC1. The Morgan fingerprint density at radius 2 is 1.11 bits per heavy atom. The van der Waals surface area contributed by atoms with Crippen LogP contribution in [-0.2, 0) is 9.47 Å². The fraction of sp³-hybridized carbons (Fsp3) is 0.905. The molecular weight excluding hydrogens is 368 g/mol. The van der Waals surface area contributed by atoms with E-state index in [1.807, 2.05) is 0 Å². The van der Waals surface area contributed by atoms with Crippen molar-refractivity contribution in [3.63, 3.8) is 0 Å². The lowest BCUT2D eigenvalue weighted by Gasteiger charge is -2.49. The smallest absolute Gasteiger partial charge is 0.203 e. The molecular formula is C21H44N2O2Si2. The number of hydrogen-bond acceptors (Lipinski definition) is 4. The third kappa shape index (κ3) is 7.74. The van der Waals surface area contributed by atoms with E-state index in [1.54, 1.807) is 0 Å². The van der Waals surface area contributed by atoms with Crippen LogP contribution in [0.3, 0.4) is 0 Å². The first-order chi connectivity index (χ1) is 13.0. The second-order valence-corrected chi connectivity index (χ2v) is 18.3. The molecule has 0 aromatic rings. The Labute approximate surface area is 170 Å². The molecule has 2 heterocycles. The van der Waals surface area contributed by atoms with E-state index >= 15 is 0 Å². The van der Waals surface area contributed by atoms with Crippen molar-refractivity contribution in [3.8, 4) is 0 Å². The first kappa shape index (κ1) is 23.3. The predicted octanol–water partition coefficient (Wildman–Crippen LogP) is 4.50. The topological polar surface area (TPSA) is 24.9 Å². The molecule has 0 aromatic carbocycles. The zero-order valence-electron chi connectivity index (χ0n) is 18.3. The normalized spacial score (nSPS) is 20.7. The van der Waals surface area contributed by atoms with E-state index < -0.39 is 16.5 Å². The van der Waals surface area contributed by atoms with Crippen molar-refractivity contribution in [2.45, 2.75) is 70.3 Å². The van der Waals surface area contributed by atoms with Crippen LogP contribution in [0.2, 0.25) is 31.7 Å². The molecule has 27 heavy (non-hydrogen) atoms. The number of rotatable bonds is 12. The molecule has 0 bridgehead atoms. The van der Waals surface area contributed by atoms with Gasteiger partial charge in [-0.15, -0.1) is 12.3 Å². The van der Waals surface area contributed by atoms with E-state index in [9.17, 15) is 0 Å². The predicted molar refractivity (Wildman–Crippen MR) is 121 cm³/mol. The number of unbranched alkanes of at least 4 members (excludes halogenated alkanes) is 5. The van der Waals surface area contributed by atoms with E-state index in [1.165, 1.54) is 50.6 Å². The molecule has 0 saturated carbocycles. The Morgan fingerprint density at radius 3 is 1.56 bits per heavy atom. The van der Waals surface area contributed by atoms with Crippen molar-refractivity contribution in [2.75, 3.05) is 52.6 Å². The minimum atomic E-state index is -1.55. The summed E-state index contributed by atoms with van der Waals surface area (Å²) in [4.78, 5) is 0. The zero-order valence-corrected chi connectivity index (χ0v) is 20.3. The maximum atomic E-state index is 5.63. The molecule has 0 aliphatic carbocycles. The Kier molecular flexibility index (Phi) is 10.2. The molecule has 0 unspecified atom stereocenters. The van der Waals surface area contributed by atoms with Gasteiger partial charge < -0.3 is 18.6 Å². The van der Waals surface area contributed by atoms with Crippen LogP contribution < -0.4 is 0 Å². The van der Waals surface area contributed by atoms with E-state index in [-0.39, 0.29) is 0 Å². The molecule has 2 saturated heterocycles. The van der Waals surface area contributed by atoms with Crippen LogP contribution in [0.25, 0.3) is 0 Å². The minimum absolute atomic E-state index is 0.914. The van der Waals surface area contributed by atoms with Gasteiger partial charge >= 0.3 is 0 Å². The van der Waals surface area contributed by atoms with Crippen molar-refractivity contribution >= 4 is 16.5 Å². The highest BCUT2D eigenvalue weighted by atomic mass is 28.3. The Morgan fingerprint density at radius 1 is 0.704 bits per heavy atom. The molecule has 4 nitrogen and oxygen atoms in total. The van der Waals surface area contributed by atoms with Gasteiger partial charge in [-0.2, -0.15) is 0 Å². The standard InChI is InChI=1S/C21H44N2O2Si2/c1-5-26(2,3)20-10-8-6-7-9-11-21-27(4,22-12-16-24-17-13-22)23-14-18-25-19-15-23/h5H,1,6-21H2,2-4H3. The summed E-state index contributed by atoms with van der Waals surface area (Å²) in [6.07, 6.45) is 8.43. The Bertz CT molecular complexity index is 404. The van der Waals surface area contributed by atoms with Gasteiger partial charge in [0.1, 0.15) is 0 Å². The molecule has 0 radical (unpaired) electrons. The van der Waals surface area contributed by atoms with Crippen LogP contribution >= 0.6 is 0 Å². The lowest BCUT2D eigenvalue weighted by atomic mass is 10.1. The average molecular weight is 413 g/mol. The molecule has 2 aliphatic rings. The fourth-order valence-corrected chi connectivity index (χ4v) is 10.1. The molecule has 2 fully saturated rings. The molecule has 0 aromatic heterocycles. The monoisotopic (exact) mass is 412 g/mol. The minimum Gasteiger partial charge on any atom is -0.379 e. The van der Waals surface area contributed by atoms with Gasteiger partial charge in [-0.1, -0.05) is 57.7 Å². The van der Waals surface area contributed by atoms with Crippen LogP contribution in [0.1, 0.15) is 38.5 Å². The lowest BCUT2D eigenvalue weighted by molar-refractivity contribution is 0.0441. The van der Waals surface area contributed by atoms with Gasteiger partial charge in [0.2, 0.25) is 8.40 Å². The molecule has 2 rings (SSSR count). The van der Waals surface area contributed by atoms with Gasteiger partial charge in [0.05, 0.1) is 34.5 Å². The van der Waals surface area contributed by atoms with Gasteiger partial charge in [0, 0.05) is 26.2 Å². The van der Waals surface area contributed by atoms with E-state index in [0.29, 0.717) is 0 Å². The van der Waals surface area contributed by atoms with Gasteiger partial charge in [0.25, 0.3) is 0 Å². The summed E-state index contributed by atoms with van der Waals surface area (Å²) in [5, 5.41) is 0. The number of morpholine rings is 2. The second-order valence-electron chi connectivity index (χ2n) is 9.23. The summed E-state index contributed by atoms with van der Waals surface area (Å²) < 4.78 is 16.9. The summed E-state index contributed by atoms with van der Waals surface area (Å²) in [6, 6.07) is 2.82. The summed E-state index contributed by atoms with van der Waals surface area (Å²) in [5.74, 6) is 0. The molecule has 158 valence electrons. The Hall–Kier alpha value is 0.0138. The second kappa shape index (κ2) is 11.9. The average Bonchev–Trinajstić information content (AvgIpc) is 2.71. The van der Waals surface area contributed by atoms with E-state index in [2.05, 4.69) is 41.1 Å². The molecule has 0 atom stereocenters. The van der Waals surface area contributed by atoms with Crippen LogP contribution in [0.15, 0.2) is 12.3 Å². The van der Waals surface area contributed by atoms with Crippen molar-refractivity contribution in [1.29, 1.82) is 0 Å². The highest BCUT2D eigenvalue weighted by Crippen LogP contribution is 2.26. The summed E-state index contributed by atoms with van der Waals surface area (Å²) >= 11 is 0. The molecule has 2 aliphatic heterocycles. The van der Waals surface area contributed by atoms with Gasteiger partial charge in [-0.3, -0.25) is 0 Å². The van der Waals surface area contributed by atoms with E-state index in [4.69, 9.17) is 9.47 Å². The van der Waals surface area contributed by atoms with Gasteiger partial charge in [-0.25, -0.2) is 0 Å². The zero-order chi connectivity index (χ0) is 19.6. The first-order valence-corrected chi connectivity index (χ1v) is 17.2. The number of hydrogen-bond donors (Lipinski definition) is 0. The molecule has 6 heteroatoms. The van der Waals surface area contributed by atoms with Gasteiger partial charge in [0.15, 0.2) is 0 Å². The summed E-state index contributed by atoms with van der Waals surface area (Å²) in [6.45, 7) is 19.7. The van der Waals surface area contributed by atoms with Gasteiger partial charge in [-0.05, 0) is 12.6 Å². The van der Waals surface area contributed by atoms with Crippen LogP contribution in [0.5, 0.6) is 0 Å². The van der Waals surface area contributed by atoms with Crippen molar-refractivity contribution < 1.29 is 9.47 Å². The van der Waals surface area contributed by atoms with Crippen molar-refractivity contribution in [1.82, 2.24) is 9.13 Å². The van der Waals surface area contributed by atoms with E-state index in [0.717, 1.165) is 52.6 Å². The molecule has 0 amide bonds. The number of ether oxygens (including phenoxy) is 2. The Balaban J connectivity index is 1.70. The highest BCUT2D eigenvalue weighted by Gasteiger charge is 2.41. The van der Waals surface area contributed by atoms with Crippen LogP contribution in [0.4, 0.5) is 0 Å². The third-order valence-electron chi connectivity index (χ3n) is 6.66. The maximum absolute atomic E-state index is 5.63. The maximum Gasteiger partial charge on any atom is 0.203 e.